The second-order valence-electron chi connectivity index (χ2n) is 4.44. The zero-order valence-electron chi connectivity index (χ0n) is 10.6. The Morgan fingerprint density at radius 2 is 1.15 bits per heavy atom. The predicted octanol–water partition coefficient (Wildman–Crippen LogP) is 5.72. The molecule has 1 aromatic heterocycles. The molecular weight excluding hydrogens is 289 g/mol. The molecule has 0 atom stereocenters. The summed E-state index contributed by atoms with van der Waals surface area (Å²) in [5, 5.41) is 1.46. The van der Waals surface area contributed by atoms with Gasteiger partial charge in [0.25, 0.3) is 0 Å². The van der Waals surface area contributed by atoms with Crippen LogP contribution in [0, 0.1) is 0 Å². The lowest BCUT2D eigenvalue weighted by Gasteiger charge is -2.05. The number of halogens is 2. The molecule has 0 aliphatic heterocycles. The van der Waals surface area contributed by atoms with Crippen LogP contribution in [0.1, 0.15) is 0 Å². The van der Waals surface area contributed by atoms with Gasteiger partial charge in [-0.05, 0) is 47.5 Å². The van der Waals surface area contributed by atoms with Crippen LogP contribution in [-0.4, -0.2) is 4.98 Å². The second-order valence-corrected chi connectivity index (χ2v) is 5.32. The Kier molecular flexibility index (Phi) is 3.72. The number of rotatable bonds is 2. The molecule has 1 nitrogen and oxygen atoms in total. The highest BCUT2D eigenvalue weighted by Gasteiger charge is 2.03. The fraction of sp³-hybridized carbons (Fsp3) is 0. The minimum atomic E-state index is 0.725. The van der Waals surface area contributed by atoms with Gasteiger partial charge in [0.05, 0.1) is 5.69 Å². The van der Waals surface area contributed by atoms with Crippen molar-refractivity contribution in [3.63, 3.8) is 0 Å². The third kappa shape index (κ3) is 2.84. The predicted molar refractivity (Wildman–Crippen MR) is 85.1 cm³/mol. The Morgan fingerprint density at radius 1 is 0.600 bits per heavy atom. The van der Waals surface area contributed by atoms with Crippen LogP contribution in [0.4, 0.5) is 0 Å². The highest BCUT2D eigenvalue weighted by atomic mass is 35.5. The van der Waals surface area contributed by atoms with Gasteiger partial charge in [-0.25, -0.2) is 0 Å². The summed E-state index contributed by atoms with van der Waals surface area (Å²) in [5.41, 5.74) is 4.20. The van der Waals surface area contributed by atoms with Gasteiger partial charge in [0, 0.05) is 21.8 Å². The first-order valence-corrected chi connectivity index (χ1v) is 6.96. The maximum atomic E-state index is 5.92. The summed E-state index contributed by atoms with van der Waals surface area (Å²) >= 11 is 11.8. The molecule has 3 rings (SSSR count). The molecule has 0 fully saturated rings. The first-order chi connectivity index (χ1) is 9.72. The van der Waals surface area contributed by atoms with Crippen molar-refractivity contribution >= 4 is 23.2 Å². The standard InChI is InChI=1S/C17H11Cl2N/c18-15-5-1-12(2-6-15)14-9-10-20-17(11-14)13-3-7-16(19)8-4-13/h1-11H. The van der Waals surface area contributed by atoms with E-state index in [1.165, 1.54) is 0 Å². The largest absolute Gasteiger partial charge is 0.256 e. The number of benzene rings is 2. The summed E-state index contributed by atoms with van der Waals surface area (Å²) in [7, 11) is 0. The Balaban J connectivity index is 2.01. The molecule has 2 aromatic carbocycles. The molecule has 0 spiro atoms. The van der Waals surface area contributed by atoms with Crippen LogP contribution in [-0.2, 0) is 0 Å². The zero-order chi connectivity index (χ0) is 13.9. The zero-order valence-corrected chi connectivity index (χ0v) is 12.1. The van der Waals surface area contributed by atoms with Gasteiger partial charge in [0.1, 0.15) is 0 Å². The molecule has 0 radical (unpaired) electrons. The van der Waals surface area contributed by atoms with Gasteiger partial charge in [-0.1, -0.05) is 47.5 Å². The third-order valence-corrected chi connectivity index (χ3v) is 3.58. The van der Waals surface area contributed by atoms with E-state index >= 15 is 0 Å². The molecule has 20 heavy (non-hydrogen) atoms. The maximum Gasteiger partial charge on any atom is 0.0708 e. The van der Waals surface area contributed by atoms with Gasteiger partial charge in [-0.3, -0.25) is 4.98 Å². The molecule has 0 aliphatic carbocycles. The molecule has 3 aromatic rings. The lowest BCUT2D eigenvalue weighted by atomic mass is 10.0. The van der Waals surface area contributed by atoms with Crippen molar-refractivity contribution in [2.24, 2.45) is 0 Å². The third-order valence-electron chi connectivity index (χ3n) is 3.08. The summed E-state index contributed by atoms with van der Waals surface area (Å²) in [6, 6.07) is 19.5. The van der Waals surface area contributed by atoms with Gasteiger partial charge in [0.15, 0.2) is 0 Å². The smallest absolute Gasteiger partial charge is 0.0708 e. The fourth-order valence-electron chi connectivity index (χ4n) is 2.03. The number of aromatic nitrogens is 1. The quantitative estimate of drug-likeness (QED) is 0.589. The minimum Gasteiger partial charge on any atom is -0.256 e. The average molecular weight is 300 g/mol. The molecule has 0 amide bonds. The highest BCUT2D eigenvalue weighted by molar-refractivity contribution is 6.30. The van der Waals surface area contributed by atoms with E-state index in [9.17, 15) is 0 Å². The molecule has 0 unspecified atom stereocenters. The van der Waals surface area contributed by atoms with Gasteiger partial charge in [0.2, 0.25) is 0 Å². The van der Waals surface area contributed by atoms with Crippen LogP contribution in [0.2, 0.25) is 10.0 Å². The number of hydrogen-bond donors (Lipinski definition) is 0. The van der Waals surface area contributed by atoms with Crippen molar-refractivity contribution in [3.8, 4) is 22.4 Å². The van der Waals surface area contributed by atoms with Crippen molar-refractivity contribution in [3.05, 3.63) is 76.9 Å². The molecule has 0 saturated carbocycles. The van der Waals surface area contributed by atoms with E-state index in [1.807, 2.05) is 60.8 Å². The summed E-state index contributed by atoms with van der Waals surface area (Å²) in [6.45, 7) is 0. The molecule has 0 aliphatic rings. The van der Waals surface area contributed by atoms with Gasteiger partial charge >= 0.3 is 0 Å². The Hall–Kier alpha value is -1.83. The van der Waals surface area contributed by atoms with E-state index in [0.29, 0.717) is 0 Å². The fourth-order valence-corrected chi connectivity index (χ4v) is 2.28. The molecule has 0 N–H and O–H groups in total. The Morgan fingerprint density at radius 3 is 1.75 bits per heavy atom. The lowest BCUT2D eigenvalue weighted by molar-refractivity contribution is 1.33. The van der Waals surface area contributed by atoms with E-state index in [1.54, 1.807) is 0 Å². The first-order valence-electron chi connectivity index (χ1n) is 6.20. The second kappa shape index (κ2) is 5.66. The molecule has 0 bridgehead atoms. The van der Waals surface area contributed by atoms with E-state index in [2.05, 4.69) is 11.1 Å². The van der Waals surface area contributed by atoms with E-state index in [4.69, 9.17) is 23.2 Å². The number of hydrogen-bond acceptors (Lipinski definition) is 1. The van der Waals surface area contributed by atoms with Crippen molar-refractivity contribution in [1.82, 2.24) is 4.98 Å². The van der Waals surface area contributed by atoms with Crippen LogP contribution in [0.5, 0.6) is 0 Å². The maximum absolute atomic E-state index is 5.92. The van der Waals surface area contributed by atoms with Crippen LogP contribution < -0.4 is 0 Å². The molecule has 3 heteroatoms. The number of nitrogens with zero attached hydrogens (tertiary/aromatic N) is 1. The molecule has 98 valence electrons. The average Bonchev–Trinajstić information content (AvgIpc) is 2.49. The highest BCUT2D eigenvalue weighted by Crippen LogP contribution is 2.26. The van der Waals surface area contributed by atoms with Crippen molar-refractivity contribution < 1.29 is 0 Å². The molecule has 1 heterocycles. The van der Waals surface area contributed by atoms with Crippen molar-refractivity contribution in [1.29, 1.82) is 0 Å². The van der Waals surface area contributed by atoms with Crippen molar-refractivity contribution in [2.45, 2.75) is 0 Å². The monoisotopic (exact) mass is 299 g/mol. The van der Waals surface area contributed by atoms with Gasteiger partial charge in [-0.15, -0.1) is 0 Å². The lowest BCUT2D eigenvalue weighted by Crippen LogP contribution is -1.85. The summed E-state index contributed by atoms with van der Waals surface area (Å²) < 4.78 is 0. The van der Waals surface area contributed by atoms with Gasteiger partial charge in [-0.2, -0.15) is 0 Å². The summed E-state index contributed by atoms with van der Waals surface area (Å²) in [6.07, 6.45) is 1.81. The van der Waals surface area contributed by atoms with E-state index in [0.717, 1.165) is 32.4 Å². The first kappa shape index (κ1) is 13.2. The molecule has 0 saturated heterocycles. The summed E-state index contributed by atoms with van der Waals surface area (Å²) in [4.78, 5) is 4.41. The topological polar surface area (TPSA) is 12.9 Å². The van der Waals surface area contributed by atoms with E-state index in [-0.39, 0.29) is 0 Å². The molecular formula is C17H11Cl2N. The van der Waals surface area contributed by atoms with Crippen LogP contribution >= 0.6 is 23.2 Å². The normalized spacial score (nSPS) is 10.5. The minimum absolute atomic E-state index is 0.725. The van der Waals surface area contributed by atoms with Crippen LogP contribution in [0.3, 0.4) is 0 Å². The summed E-state index contributed by atoms with van der Waals surface area (Å²) in [5.74, 6) is 0. The van der Waals surface area contributed by atoms with Crippen molar-refractivity contribution in [2.75, 3.05) is 0 Å². The SMILES string of the molecule is Clc1ccc(-c2ccnc(-c3ccc(Cl)cc3)c2)cc1. The Labute approximate surface area is 127 Å². The van der Waals surface area contributed by atoms with E-state index < -0.39 is 0 Å². The Bertz CT molecular complexity index is 658. The van der Waals surface area contributed by atoms with Gasteiger partial charge < -0.3 is 0 Å². The number of pyridine rings is 1. The van der Waals surface area contributed by atoms with Crippen LogP contribution in [0.15, 0.2) is 66.9 Å². The van der Waals surface area contributed by atoms with Crippen LogP contribution in [0.25, 0.3) is 22.4 Å².